The van der Waals surface area contributed by atoms with Crippen LogP contribution in [0, 0.1) is 0 Å². The molecule has 1 N–H and O–H groups in total. The average molecular weight is 407 g/mol. The Morgan fingerprint density at radius 2 is 2.00 bits per heavy atom. The molecule has 0 aliphatic carbocycles. The van der Waals surface area contributed by atoms with Crippen LogP contribution < -0.4 is 5.32 Å². The molecule has 0 saturated heterocycles. The quantitative estimate of drug-likeness (QED) is 0.528. The molecule has 6 nitrogen and oxygen atoms in total. The number of carbonyl (C=O) groups is 1. The Morgan fingerprint density at radius 1 is 1.25 bits per heavy atom. The zero-order valence-electron chi connectivity index (χ0n) is 12.3. The fourth-order valence-electron chi connectivity index (χ4n) is 2.44. The molecule has 1 unspecified atom stereocenters. The van der Waals surface area contributed by atoms with Gasteiger partial charge in [-0.05, 0) is 18.2 Å². The van der Waals surface area contributed by atoms with Crippen LogP contribution in [-0.4, -0.2) is 29.7 Å². The minimum atomic E-state index is -1.80. The second-order valence-corrected chi connectivity index (χ2v) is 7.79. The Labute approximate surface area is 157 Å². The van der Waals surface area contributed by atoms with Gasteiger partial charge in [0.1, 0.15) is 5.82 Å². The number of benzene rings is 1. The highest BCUT2D eigenvalue weighted by Gasteiger charge is 2.37. The van der Waals surface area contributed by atoms with Gasteiger partial charge in [0, 0.05) is 11.4 Å². The Balaban J connectivity index is 2.32. The van der Waals surface area contributed by atoms with Crippen molar-refractivity contribution in [1.82, 2.24) is 24.8 Å². The second-order valence-electron chi connectivity index (χ2n) is 4.98. The Hall–Kier alpha value is -1.34. The molecule has 1 atom stereocenters. The third-order valence-corrected chi connectivity index (χ3v) is 4.30. The number of hydrogen-bond acceptors (Lipinski definition) is 4. The van der Waals surface area contributed by atoms with E-state index >= 15 is 0 Å². The van der Waals surface area contributed by atoms with Crippen molar-refractivity contribution in [2.45, 2.75) is 23.3 Å². The van der Waals surface area contributed by atoms with Crippen LogP contribution in [0.3, 0.4) is 0 Å². The molecule has 0 fully saturated rings. The van der Waals surface area contributed by atoms with Gasteiger partial charge in [0.05, 0.1) is 11.0 Å². The molecule has 0 saturated carbocycles. The standard InChI is InChI=1S/C14H11Cl4N5O/c1-2-10-22-11-12(23(10)13(19-6-24)14(16,17)18)21-8-4-3-7(15)5-9(8)20-11/h3-6,13H,2H2,1H3,(H,19,24). The highest BCUT2D eigenvalue weighted by molar-refractivity contribution is 6.67. The molecule has 2 aromatic heterocycles. The monoisotopic (exact) mass is 405 g/mol. The number of alkyl halides is 3. The number of fused-ring (bicyclic) bond motifs is 2. The number of hydrogen-bond donors (Lipinski definition) is 1. The number of amides is 1. The molecule has 0 bridgehead atoms. The smallest absolute Gasteiger partial charge is 0.229 e. The van der Waals surface area contributed by atoms with Gasteiger partial charge in [-0.15, -0.1) is 0 Å². The molecule has 10 heteroatoms. The van der Waals surface area contributed by atoms with Crippen LogP contribution in [0.5, 0.6) is 0 Å². The first-order valence-corrected chi connectivity index (χ1v) is 8.47. The van der Waals surface area contributed by atoms with Crippen LogP contribution in [0.2, 0.25) is 5.02 Å². The van der Waals surface area contributed by atoms with Crippen molar-refractivity contribution in [2.24, 2.45) is 0 Å². The van der Waals surface area contributed by atoms with Crippen molar-refractivity contribution in [3.05, 3.63) is 29.0 Å². The maximum atomic E-state index is 11.0. The van der Waals surface area contributed by atoms with E-state index in [1.165, 1.54) is 0 Å². The summed E-state index contributed by atoms with van der Waals surface area (Å²) >= 11 is 24.1. The van der Waals surface area contributed by atoms with E-state index in [9.17, 15) is 4.79 Å². The highest BCUT2D eigenvalue weighted by atomic mass is 35.6. The van der Waals surface area contributed by atoms with Gasteiger partial charge in [-0.1, -0.05) is 53.3 Å². The summed E-state index contributed by atoms with van der Waals surface area (Å²) in [7, 11) is 0. The fourth-order valence-corrected chi connectivity index (χ4v) is 3.09. The average Bonchev–Trinajstić information content (AvgIpc) is 2.86. The normalized spacial score (nSPS) is 13.4. The zero-order chi connectivity index (χ0) is 17.5. The summed E-state index contributed by atoms with van der Waals surface area (Å²) < 4.78 is -0.215. The van der Waals surface area contributed by atoms with Gasteiger partial charge in [-0.25, -0.2) is 15.0 Å². The van der Waals surface area contributed by atoms with E-state index in [-0.39, 0.29) is 0 Å². The maximum Gasteiger partial charge on any atom is 0.229 e. The van der Waals surface area contributed by atoms with E-state index in [4.69, 9.17) is 46.4 Å². The summed E-state index contributed by atoms with van der Waals surface area (Å²) in [6.07, 6.45) is 0.0259. The van der Waals surface area contributed by atoms with Gasteiger partial charge >= 0.3 is 0 Å². The Kier molecular flexibility index (Phi) is 4.75. The van der Waals surface area contributed by atoms with E-state index in [1.807, 2.05) is 6.92 Å². The Bertz CT molecular complexity index is 921. The minimum Gasteiger partial charge on any atom is -0.334 e. The van der Waals surface area contributed by atoms with Crippen LogP contribution in [0.4, 0.5) is 0 Å². The van der Waals surface area contributed by atoms with Gasteiger partial charge in [-0.3, -0.25) is 9.36 Å². The molecular formula is C14H11Cl4N5O. The SMILES string of the molecule is CCc1nc2nc3cc(Cl)ccc3nc2n1C(NC=O)C(Cl)(Cl)Cl. The summed E-state index contributed by atoms with van der Waals surface area (Å²) in [6.45, 7) is 1.89. The lowest BCUT2D eigenvalue weighted by Crippen LogP contribution is -2.37. The lowest BCUT2D eigenvalue weighted by atomic mass is 10.3. The third-order valence-electron chi connectivity index (χ3n) is 3.44. The summed E-state index contributed by atoms with van der Waals surface area (Å²) in [5.41, 5.74) is 2.02. The molecule has 0 radical (unpaired) electrons. The van der Waals surface area contributed by atoms with Crippen molar-refractivity contribution < 1.29 is 4.79 Å². The largest absolute Gasteiger partial charge is 0.334 e. The minimum absolute atomic E-state index is 0.383. The van der Waals surface area contributed by atoms with E-state index in [2.05, 4.69) is 20.3 Å². The predicted molar refractivity (Wildman–Crippen MR) is 95.7 cm³/mol. The van der Waals surface area contributed by atoms with Crippen LogP contribution in [0.25, 0.3) is 22.3 Å². The van der Waals surface area contributed by atoms with E-state index in [1.54, 1.807) is 22.8 Å². The molecule has 1 amide bonds. The molecule has 0 aliphatic heterocycles. The van der Waals surface area contributed by atoms with Crippen molar-refractivity contribution in [3.63, 3.8) is 0 Å². The molecule has 2 heterocycles. The van der Waals surface area contributed by atoms with Crippen molar-refractivity contribution in [3.8, 4) is 0 Å². The van der Waals surface area contributed by atoms with Gasteiger partial charge in [-0.2, -0.15) is 0 Å². The van der Waals surface area contributed by atoms with E-state index in [0.717, 1.165) is 0 Å². The van der Waals surface area contributed by atoms with Gasteiger partial charge in [0.15, 0.2) is 17.5 Å². The lowest BCUT2D eigenvalue weighted by Gasteiger charge is -2.26. The topological polar surface area (TPSA) is 72.7 Å². The van der Waals surface area contributed by atoms with Crippen LogP contribution in [0.15, 0.2) is 18.2 Å². The fraction of sp³-hybridized carbons (Fsp3) is 0.286. The molecule has 24 heavy (non-hydrogen) atoms. The number of nitrogens with zero attached hydrogens (tertiary/aromatic N) is 4. The molecule has 3 aromatic rings. The summed E-state index contributed by atoms with van der Waals surface area (Å²) in [6, 6.07) is 5.15. The van der Waals surface area contributed by atoms with Gasteiger partial charge in [0.2, 0.25) is 10.2 Å². The lowest BCUT2D eigenvalue weighted by molar-refractivity contribution is -0.110. The highest BCUT2D eigenvalue weighted by Crippen LogP contribution is 2.38. The molecular weight excluding hydrogens is 396 g/mol. The van der Waals surface area contributed by atoms with Crippen molar-refractivity contribution in [2.75, 3.05) is 0 Å². The van der Waals surface area contributed by atoms with Crippen LogP contribution in [-0.2, 0) is 11.2 Å². The van der Waals surface area contributed by atoms with Gasteiger partial charge < -0.3 is 5.32 Å². The number of aromatic nitrogens is 4. The molecule has 0 spiro atoms. The number of imidazole rings is 1. The van der Waals surface area contributed by atoms with Crippen LogP contribution >= 0.6 is 46.4 Å². The predicted octanol–water partition coefficient (Wildman–Crippen LogP) is 3.81. The van der Waals surface area contributed by atoms with E-state index in [0.29, 0.717) is 46.0 Å². The van der Waals surface area contributed by atoms with Gasteiger partial charge in [0.25, 0.3) is 0 Å². The number of carbonyl (C=O) groups excluding carboxylic acids is 1. The molecule has 1 aromatic carbocycles. The first kappa shape index (κ1) is 17.5. The number of rotatable bonds is 4. The first-order chi connectivity index (χ1) is 11.3. The number of aryl methyl sites for hydroxylation is 1. The van der Waals surface area contributed by atoms with Crippen molar-refractivity contribution in [1.29, 1.82) is 0 Å². The molecule has 0 aliphatic rings. The zero-order valence-corrected chi connectivity index (χ0v) is 15.3. The second kappa shape index (κ2) is 6.52. The summed E-state index contributed by atoms with van der Waals surface area (Å²) in [5.74, 6) is 0.581. The van der Waals surface area contributed by atoms with Crippen molar-refractivity contribution >= 4 is 75.1 Å². The molecule has 3 rings (SSSR count). The summed E-state index contributed by atoms with van der Waals surface area (Å²) in [5, 5.41) is 3.06. The molecule has 126 valence electrons. The number of nitrogens with one attached hydrogen (secondary N) is 1. The number of halogens is 4. The van der Waals surface area contributed by atoms with E-state index < -0.39 is 9.96 Å². The maximum absolute atomic E-state index is 11.0. The first-order valence-electron chi connectivity index (χ1n) is 6.95. The van der Waals surface area contributed by atoms with Crippen LogP contribution in [0.1, 0.15) is 18.9 Å². The third kappa shape index (κ3) is 3.11. The summed E-state index contributed by atoms with van der Waals surface area (Å²) in [4.78, 5) is 24.4. The Morgan fingerprint density at radius 3 is 2.62 bits per heavy atom.